The van der Waals surface area contributed by atoms with Gasteiger partial charge < -0.3 is 14.2 Å². The average molecular weight is 567 g/mol. The number of nitrogens with zero attached hydrogens (tertiary/aromatic N) is 2. The molecule has 1 aromatic heterocycles. The number of imidazole rings is 1. The highest BCUT2D eigenvalue weighted by Gasteiger charge is 2.20. The summed E-state index contributed by atoms with van der Waals surface area (Å²) in [5.74, 6) is 2.78. The third-order valence-corrected chi connectivity index (χ3v) is 7.08. The van der Waals surface area contributed by atoms with E-state index in [-0.39, 0.29) is 0 Å². The lowest BCUT2D eigenvalue weighted by atomic mass is 10.1. The number of carbonyl (C=O) groups is 1. The molecule has 6 nitrogen and oxygen atoms in total. The Balaban J connectivity index is 1.44. The molecule has 43 heavy (non-hydrogen) atoms. The van der Waals surface area contributed by atoms with Crippen LogP contribution in [0.5, 0.6) is 17.2 Å². The summed E-state index contributed by atoms with van der Waals surface area (Å²) in [4.78, 5) is 16.5. The highest BCUT2D eigenvalue weighted by molar-refractivity contribution is 5.77. The molecule has 0 aliphatic heterocycles. The lowest BCUT2D eigenvalue weighted by molar-refractivity contribution is 0.112. The summed E-state index contributed by atoms with van der Waals surface area (Å²) in [6.45, 7) is 0.837. The van der Waals surface area contributed by atoms with Crippen molar-refractivity contribution in [1.82, 2.24) is 9.55 Å². The van der Waals surface area contributed by atoms with Crippen LogP contribution in [-0.4, -0.2) is 22.9 Å². The number of ether oxygens (including phenoxy) is 3. The molecule has 0 N–H and O–H groups in total. The highest BCUT2D eigenvalue weighted by atomic mass is 16.5. The number of aromatic nitrogens is 2. The van der Waals surface area contributed by atoms with E-state index in [4.69, 9.17) is 19.2 Å². The molecule has 0 amide bonds. The molecule has 0 radical (unpaired) electrons. The van der Waals surface area contributed by atoms with Gasteiger partial charge in [0.05, 0.1) is 18.4 Å². The Kier molecular flexibility index (Phi) is 8.27. The molecule has 5 aromatic carbocycles. The van der Waals surface area contributed by atoms with Gasteiger partial charge in [-0.2, -0.15) is 0 Å². The second-order valence-electron chi connectivity index (χ2n) is 9.94. The summed E-state index contributed by atoms with van der Waals surface area (Å²) in [7, 11) is 1.64. The van der Waals surface area contributed by atoms with Crippen LogP contribution in [0.25, 0.3) is 28.3 Å². The zero-order valence-electron chi connectivity index (χ0n) is 23.7. The maximum atomic E-state index is 11.4. The lowest BCUT2D eigenvalue weighted by Gasteiger charge is -2.13. The molecule has 0 aliphatic rings. The standard InChI is InChI=1S/C37H30N2O4/c1-41-31-20-21-36(43-26-29-12-6-3-7-13-29)33(22-31)34-23-39(30-18-16-27(24-40)17-19-30)37(38-34)32-14-8-9-15-35(32)42-25-28-10-4-2-5-11-28/h2-24H,25-26H2,1H3. The number of rotatable bonds is 11. The Morgan fingerprint density at radius 1 is 0.674 bits per heavy atom. The summed E-state index contributed by atoms with van der Waals surface area (Å²) in [5, 5.41) is 0. The summed E-state index contributed by atoms with van der Waals surface area (Å²) in [6, 6.07) is 41.1. The van der Waals surface area contributed by atoms with E-state index in [1.807, 2.05) is 126 Å². The maximum absolute atomic E-state index is 11.4. The topological polar surface area (TPSA) is 62.6 Å². The van der Waals surface area contributed by atoms with Crippen molar-refractivity contribution in [3.63, 3.8) is 0 Å². The van der Waals surface area contributed by atoms with Gasteiger partial charge in [-0.25, -0.2) is 4.98 Å². The van der Waals surface area contributed by atoms with E-state index >= 15 is 0 Å². The first-order valence-electron chi connectivity index (χ1n) is 14.0. The van der Waals surface area contributed by atoms with Gasteiger partial charge in [0.15, 0.2) is 0 Å². The van der Waals surface area contributed by atoms with Crippen LogP contribution in [-0.2, 0) is 13.2 Å². The van der Waals surface area contributed by atoms with Crippen molar-refractivity contribution in [1.29, 1.82) is 0 Å². The van der Waals surface area contributed by atoms with Gasteiger partial charge in [0.25, 0.3) is 0 Å². The number of benzene rings is 5. The monoisotopic (exact) mass is 566 g/mol. The third-order valence-electron chi connectivity index (χ3n) is 7.08. The lowest BCUT2D eigenvalue weighted by Crippen LogP contribution is -2.00. The molecule has 0 saturated heterocycles. The Labute approximate surface area is 250 Å². The van der Waals surface area contributed by atoms with Gasteiger partial charge in [-0.3, -0.25) is 9.36 Å². The fourth-order valence-electron chi connectivity index (χ4n) is 4.82. The van der Waals surface area contributed by atoms with Crippen molar-refractivity contribution in [2.75, 3.05) is 7.11 Å². The van der Waals surface area contributed by atoms with E-state index in [0.717, 1.165) is 34.2 Å². The third kappa shape index (κ3) is 6.34. The van der Waals surface area contributed by atoms with Crippen molar-refractivity contribution in [3.05, 3.63) is 150 Å². The van der Waals surface area contributed by atoms with Crippen LogP contribution in [0.2, 0.25) is 0 Å². The van der Waals surface area contributed by atoms with E-state index in [1.165, 1.54) is 0 Å². The first-order chi connectivity index (χ1) is 21.2. The minimum atomic E-state index is 0.414. The minimum absolute atomic E-state index is 0.414. The average Bonchev–Trinajstić information content (AvgIpc) is 3.52. The quantitative estimate of drug-likeness (QED) is 0.148. The molecule has 6 aromatic rings. The first kappa shape index (κ1) is 27.5. The van der Waals surface area contributed by atoms with Crippen LogP contribution < -0.4 is 14.2 Å². The number of carbonyl (C=O) groups excluding carboxylic acids is 1. The summed E-state index contributed by atoms with van der Waals surface area (Å²) >= 11 is 0. The van der Waals surface area contributed by atoms with Crippen molar-refractivity contribution in [3.8, 4) is 45.6 Å². The second-order valence-corrected chi connectivity index (χ2v) is 9.94. The fraction of sp³-hybridized carbons (Fsp3) is 0.0811. The Morgan fingerprint density at radius 3 is 1.91 bits per heavy atom. The molecular weight excluding hydrogens is 536 g/mol. The molecule has 212 valence electrons. The van der Waals surface area contributed by atoms with Crippen LogP contribution in [0.15, 0.2) is 134 Å². The van der Waals surface area contributed by atoms with Gasteiger partial charge >= 0.3 is 0 Å². The van der Waals surface area contributed by atoms with E-state index in [0.29, 0.717) is 47.5 Å². The van der Waals surface area contributed by atoms with Gasteiger partial charge in [0, 0.05) is 23.0 Å². The van der Waals surface area contributed by atoms with Gasteiger partial charge in [-0.15, -0.1) is 0 Å². The smallest absolute Gasteiger partial charge is 0.150 e. The molecule has 0 unspecified atom stereocenters. The second kappa shape index (κ2) is 12.9. The van der Waals surface area contributed by atoms with Gasteiger partial charge in [0.1, 0.15) is 42.6 Å². The van der Waals surface area contributed by atoms with E-state index in [2.05, 4.69) is 0 Å². The predicted molar refractivity (Wildman–Crippen MR) is 168 cm³/mol. The van der Waals surface area contributed by atoms with Gasteiger partial charge in [-0.05, 0) is 65.7 Å². The minimum Gasteiger partial charge on any atom is -0.497 e. The molecule has 0 bridgehead atoms. The SMILES string of the molecule is COc1ccc(OCc2ccccc2)c(-c2cn(-c3ccc(C=O)cc3)c(-c3ccccc3OCc3ccccc3)n2)c1. The molecule has 0 atom stereocenters. The number of para-hydroxylation sites is 1. The number of hydrogen-bond donors (Lipinski definition) is 0. The van der Waals surface area contributed by atoms with E-state index in [9.17, 15) is 4.79 Å². The summed E-state index contributed by atoms with van der Waals surface area (Å²) < 4.78 is 20.2. The molecule has 0 spiro atoms. The maximum Gasteiger partial charge on any atom is 0.150 e. The van der Waals surface area contributed by atoms with Crippen molar-refractivity contribution in [2.45, 2.75) is 13.2 Å². The number of hydrogen-bond acceptors (Lipinski definition) is 5. The molecule has 6 heteroatoms. The van der Waals surface area contributed by atoms with Crippen LogP contribution >= 0.6 is 0 Å². The van der Waals surface area contributed by atoms with Crippen LogP contribution in [0.1, 0.15) is 21.5 Å². The van der Waals surface area contributed by atoms with Crippen molar-refractivity contribution in [2.24, 2.45) is 0 Å². The zero-order valence-corrected chi connectivity index (χ0v) is 23.7. The van der Waals surface area contributed by atoms with Crippen molar-refractivity contribution < 1.29 is 19.0 Å². The largest absolute Gasteiger partial charge is 0.497 e. The number of methoxy groups -OCH3 is 1. The van der Waals surface area contributed by atoms with E-state index in [1.54, 1.807) is 19.2 Å². The van der Waals surface area contributed by atoms with Crippen LogP contribution in [0, 0.1) is 0 Å². The highest BCUT2D eigenvalue weighted by Crippen LogP contribution is 2.38. The number of aldehydes is 1. The summed E-state index contributed by atoms with van der Waals surface area (Å²) in [5.41, 5.74) is 5.92. The molecular formula is C37H30N2O4. The summed E-state index contributed by atoms with van der Waals surface area (Å²) in [6.07, 6.45) is 2.81. The van der Waals surface area contributed by atoms with E-state index < -0.39 is 0 Å². The first-order valence-corrected chi connectivity index (χ1v) is 14.0. The zero-order chi connectivity index (χ0) is 29.4. The fourth-order valence-corrected chi connectivity index (χ4v) is 4.82. The van der Waals surface area contributed by atoms with Crippen LogP contribution in [0.3, 0.4) is 0 Å². The van der Waals surface area contributed by atoms with Gasteiger partial charge in [-0.1, -0.05) is 72.8 Å². The Bertz CT molecular complexity index is 1810. The molecule has 1 heterocycles. The van der Waals surface area contributed by atoms with Gasteiger partial charge in [0.2, 0.25) is 0 Å². The Hall–Kier alpha value is -5.62. The molecule has 0 aliphatic carbocycles. The van der Waals surface area contributed by atoms with Crippen molar-refractivity contribution >= 4 is 6.29 Å². The Morgan fingerprint density at radius 2 is 1.28 bits per heavy atom. The predicted octanol–water partition coefficient (Wildman–Crippen LogP) is 8.19. The molecule has 0 saturated carbocycles. The molecule has 0 fully saturated rings. The molecule has 6 rings (SSSR count). The van der Waals surface area contributed by atoms with Crippen LogP contribution in [0.4, 0.5) is 0 Å². The normalized spacial score (nSPS) is 10.7.